The van der Waals surface area contributed by atoms with Gasteiger partial charge >= 0.3 is 0 Å². The van der Waals surface area contributed by atoms with Crippen molar-refractivity contribution < 1.29 is 0 Å². The van der Waals surface area contributed by atoms with E-state index in [0.717, 1.165) is 17.9 Å². The summed E-state index contributed by atoms with van der Waals surface area (Å²) in [6, 6.07) is 9.94. The van der Waals surface area contributed by atoms with E-state index in [0.29, 0.717) is 6.42 Å². The number of benzene rings is 1. The van der Waals surface area contributed by atoms with Crippen molar-refractivity contribution in [2.45, 2.75) is 17.7 Å². The molecule has 0 aliphatic carbocycles. The molecule has 0 saturated carbocycles. The van der Waals surface area contributed by atoms with Gasteiger partial charge in [0.1, 0.15) is 0 Å². The Morgan fingerprint density at radius 3 is 3.00 bits per heavy atom. The fraction of sp³-hybridized carbons (Fsp3) is 0.300. The van der Waals surface area contributed by atoms with Gasteiger partial charge in [-0.05, 0) is 30.4 Å². The minimum atomic E-state index is 0.634. The molecule has 2 N–H and O–H groups in total. The third kappa shape index (κ3) is 3.86. The predicted octanol–water partition coefficient (Wildman–Crippen LogP) is 2.66. The average molecular weight is 192 g/mol. The summed E-state index contributed by atoms with van der Waals surface area (Å²) >= 11 is 1.74. The first-order valence-electron chi connectivity index (χ1n) is 4.18. The zero-order chi connectivity index (χ0) is 9.52. The van der Waals surface area contributed by atoms with Crippen LogP contribution in [0.3, 0.4) is 0 Å². The molecule has 13 heavy (non-hydrogen) atoms. The van der Waals surface area contributed by atoms with Crippen molar-refractivity contribution in [3.8, 4) is 6.07 Å². The molecule has 0 unspecified atom stereocenters. The molecule has 0 bridgehead atoms. The van der Waals surface area contributed by atoms with Gasteiger partial charge in [-0.2, -0.15) is 5.26 Å². The molecular formula is C10H12N2S. The molecular weight excluding hydrogens is 180 g/mol. The molecule has 3 heteroatoms. The summed E-state index contributed by atoms with van der Waals surface area (Å²) in [4.78, 5) is 1.18. The lowest BCUT2D eigenvalue weighted by molar-refractivity contribution is 0.981. The number of unbranched alkanes of at least 4 members (excludes halogenated alkanes) is 1. The normalized spacial score (nSPS) is 9.46. The highest BCUT2D eigenvalue weighted by atomic mass is 32.2. The lowest BCUT2D eigenvalue weighted by atomic mass is 10.3. The van der Waals surface area contributed by atoms with Crippen molar-refractivity contribution in [3.63, 3.8) is 0 Å². The Morgan fingerprint density at radius 2 is 2.31 bits per heavy atom. The lowest BCUT2D eigenvalue weighted by Crippen LogP contribution is -1.84. The highest BCUT2D eigenvalue weighted by Crippen LogP contribution is 2.20. The number of nitriles is 1. The van der Waals surface area contributed by atoms with E-state index >= 15 is 0 Å². The van der Waals surface area contributed by atoms with E-state index < -0.39 is 0 Å². The molecule has 0 amide bonds. The Balaban J connectivity index is 2.33. The van der Waals surface area contributed by atoms with Gasteiger partial charge in [0.05, 0.1) is 6.07 Å². The third-order valence-corrected chi connectivity index (χ3v) is 2.64. The summed E-state index contributed by atoms with van der Waals surface area (Å²) in [6.07, 6.45) is 1.57. The highest BCUT2D eigenvalue weighted by Gasteiger charge is 1.93. The molecule has 0 radical (unpaired) electrons. The van der Waals surface area contributed by atoms with Gasteiger partial charge < -0.3 is 5.73 Å². The van der Waals surface area contributed by atoms with Gasteiger partial charge in [0.2, 0.25) is 0 Å². The number of thioether (sulfide) groups is 1. The number of nitrogen functional groups attached to an aromatic ring is 1. The first-order valence-corrected chi connectivity index (χ1v) is 5.17. The maximum Gasteiger partial charge on any atom is 0.0622 e. The molecule has 68 valence electrons. The molecule has 0 spiro atoms. The van der Waals surface area contributed by atoms with Crippen LogP contribution in [-0.2, 0) is 0 Å². The second-order valence-electron chi connectivity index (χ2n) is 2.68. The molecule has 0 aliphatic heterocycles. The van der Waals surface area contributed by atoms with Crippen molar-refractivity contribution in [1.29, 1.82) is 5.26 Å². The van der Waals surface area contributed by atoms with Crippen LogP contribution in [0.25, 0.3) is 0 Å². The second kappa shape index (κ2) is 5.50. The van der Waals surface area contributed by atoms with E-state index in [4.69, 9.17) is 11.0 Å². The standard InChI is InChI=1S/C10H12N2S/c11-6-1-2-7-13-10-5-3-4-9(12)8-10/h3-5,8H,1-2,7,12H2. The third-order valence-electron chi connectivity index (χ3n) is 1.56. The van der Waals surface area contributed by atoms with E-state index in [9.17, 15) is 0 Å². The van der Waals surface area contributed by atoms with Crippen molar-refractivity contribution >= 4 is 17.4 Å². The van der Waals surface area contributed by atoms with E-state index in [1.807, 2.05) is 24.3 Å². The van der Waals surface area contributed by atoms with Crippen LogP contribution in [-0.4, -0.2) is 5.75 Å². The minimum Gasteiger partial charge on any atom is -0.399 e. The van der Waals surface area contributed by atoms with Crippen molar-refractivity contribution in [3.05, 3.63) is 24.3 Å². The fourth-order valence-electron chi connectivity index (χ4n) is 0.946. The van der Waals surface area contributed by atoms with Gasteiger partial charge in [-0.15, -0.1) is 11.8 Å². The topological polar surface area (TPSA) is 49.8 Å². The van der Waals surface area contributed by atoms with Crippen LogP contribution in [0.4, 0.5) is 5.69 Å². The first-order chi connectivity index (χ1) is 6.33. The van der Waals surface area contributed by atoms with Crippen LogP contribution in [0.5, 0.6) is 0 Å². The SMILES string of the molecule is N#CCCCSc1cccc(N)c1. The Kier molecular flexibility index (Phi) is 4.20. The van der Waals surface area contributed by atoms with Crippen LogP contribution in [0.15, 0.2) is 29.2 Å². The van der Waals surface area contributed by atoms with Crippen LogP contribution >= 0.6 is 11.8 Å². The Hall–Kier alpha value is -1.14. The summed E-state index contributed by atoms with van der Waals surface area (Å²) < 4.78 is 0. The molecule has 1 aromatic rings. The maximum atomic E-state index is 8.33. The lowest BCUT2D eigenvalue weighted by Gasteiger charge is -2.00. The van der Waals surface area contributed by atoms with Crippen LogP contribution in [0.2, 0.25) is 0 Å². The van der Waals surface area contributed by atoms with Crippen LogP contribution < -0.4 is 5.73 Å². The van der Waals surface area contributed by atoms with Gasteiger partial charge in [0.25, 0.3) is 0 Å². The molecule has 0 fully saturated rings. The van der Waals surface area contributed by atoms with Crippen molar-refractivity contribution in [2.24, 2.45) is 0 Å². The van der Waals surface area contributed by atoms with Crippen LogP contribution in [0.1, 0.15) is 12.8 Å². The Bertz CT molecular complexity index is 304. The molecule has 1 rings (SSSR count). The quantitative estimate of drug-likeness (QED) is 0.453. The number of hydrogen-bond acceptors (Lipinski definition) is 3. The maximum absolute atomic E-state index is 8.33. The number of nitrogens with two attached hydrogens (primary N) is 1. The van der Waals surface area contributed by atoms with E-state index in [-0.39, 0.29) is 0 Å². The largest absolute Gasteiger partial charge is 0.399 e. The van der Waals surface area contributed by atoms with E-state index in [2.05, 4.69) is 6.07 Å². The summed E-state index contributed by atoms with van der Waals surface area (Å²) in [5.41, 5.74) is 6.42. The smallest absolute Gasteiger partial charge is 0.0622 e. The summed E-state index contributed by atoms with van der Waals surface area (Å²) in [6.45, 7) is 0. The molecule has 0 aliphatic rings. The molecule has 2 nitrogen and oxygen atoms in total. The van der Waals surface area contributed by atoms with Gasteiger partial charge in [0.15, 0.2) is 0 Å². The van der Waals surface area contributed by atoms with Gasteiger partial charge in [-0.1, -0.05) is 6.07 Å². The van der Waals surface area contributed by atoms with Crippen molar-refractivity contribution in [1.82, 2.24) is 0 Å². The Morgan fingerprint density at radius 1 is 1.46 bits per heavy atom. The van der Waals surface area contributed by atoms with Gasteiger partial charge in [-0.3, -0.25) is 0 Å². The summed E-state index contributed by atoms with van der Waals surface area (Å²) in [7, 11) is 0. The number of rotatable bonds is 4. The average Bonchev–Trinajstić information content (AvgIpc) is 2.13. The zero-order valence-corrected chi connectivity index (χ0v) is 8.18. The van der Waals surface area contributed by atoms with Gasteiger partial charge in [-0.25, -0.2) is 0 Å². The number of nitrogens with zero attached hydrogens (tertiary/aromatic N) is 1. The van der Waals surface area contributed by atoms with Crippen LogP contribution in [0, 0.1) is 11.3 Å². The summed E-state index contributed by atoms with van der Waals surface area (Å²) in [5, 5.41) is 8.33. The predicted molar refractivity (Wildman–Crippen MR) is 56.4 cm³/mol. The minimum absolute atomic E-state index is 0.634. The first kappa shape index (κ1) is 9.94. The monoisotopic (exact) mass is 192 g/mol. The number of anilines is 1. The summed E-state index contributed by atoms with van der Waals surface area (Å²) in [5.74, 6) is 0.983. The van der Waals surface area contributed by atoms with E-state index in [1.54, 1.807) is 11.8 Å². The fourth-order valence-corrected chi connectivity index (χ4v) is 1.86. The molecule has 0 aromatic heterocycles. The zero-order valence-electron chi connectivity index (χ0n) is 7.36. The van der Waals surface area contributed by atoms with Gasteiger partial charge in [0, 0.05) is 17.0 Å². The Labute approximate surface area is 82.7 Å². The van der Waals surface area contributed by atoms with E-state index in [1.165, 1.54) is 4.90 Å². The molecule has 0 saturated heterocycles. The second-order valence-corrected chi connectivity index (χ2v) is 3.85. The number of hydrogen-bond donors (Lipinski definition) is 1. The molecule has 0 atom stereocenters. The van der Waals surface area contributed by atoms with Crippen molar-refractivity contribution in [2.75, 3.05) is 11.5 Å². The molecule has 0 heterocycles. The highest BCUT2D eigenvalue weighted by molar-refractivity contribution is 7.99. The molecule has 1 aromatic carbocycles.